The number of thiocarbonyl (C=S) groups is 1. The second kappa shape index (κ2) is 9.52. The SMILES string of the molecule is CC[C@H]1CCCCN1C(=O)CN1C(=O)/C(=C/C(C)=C/c2ccccc2)SC1=S. The molecule has 0 N–H and O–H groups in total. The lowest BCUT2D eigenvalue weighted by atomic mass is 10.00. The minimum absolute atomic E-state index is 0.000601. The molecule has 3 rings (SSSR count). The Morgan fingerprint density at radius 2 is 2.04 bits per heavy atom. The molecule has 0 saturated carbocycles. The van der Waals surface area contributed by atoms with E-state index in [0.29, 0.717) is 9.23 Å². The molecule has 148 valence electrons. The summed E-state index contributed by atoms with van der Waals surface area (Å²) in [5, 5.41) is 0. The maximum Gasteiger partial charge on any atom is 0.266 e. The Kier molecular flexibility index (Phi) is 7.08. The predicted octanol–water partition coefficient (Wildman–Crippen LogP) is 4.63. The number of hydrogen-bond acceptors (Lipinski definition) is 4. The summed E-state index contributed by atoms with van der Waals surface area (Å²) in [7, 11) is 0. The zero-order valence-electron chi connectivity index (χ0n) is 16.4. The van der Waals surface area contributed by atoms with Gasteiger partial charge in [-0.05, 0) is 49.8 Å². The van der Waals surface area contributed by atoms with Gasteiger partial charge in [0.2, 0.25) is 5.91 Å². The van der Waals surface area contributed by atoms with Crippen LogP contribution in [0.3, 0.4) is 0 Å². The highest BCUT2D eigenvalue weighted by atomic mass is 32.2. The zero-order chi connectivity index (χ0) is 20.1. The Morgan fingerprint density at radius 1 is 1.29 bits per heavy atom. The molecule has 2 amide bonds. The second-order valence-electron chi connectivity index (χ2n) is 7.21. The van der Waals surface area contributed by atoms with Gasteiger partial charge in [-0.3, -0.25) is 14.5 Å². The Labute approximate surface area is 176 Å². The second-order valence-corrected chi connectivity index (χ2v) is 8.89. The lowest BCUT2D eigenvalue weighted by molar-refractivity contribution is -0.138. The number of hydrogen-bond donors (Lipinski definition) is 0. The summed E-state index contributed by atoms with van der Waals surface area (Å²) in [6.45, 7) is 4.89. The van der Waals surface area contributed by atoms with Crippen molar-refractivity contribution < 1.29 is 9.59 Å². The van der Waals surface area contributed by atoms with E-state index < -0.39 is 0 Å². The molecule has 0 unspecified atom stereocenters. The Morgan fingerprint density at radius 3 is 2.75 bits per heavy atom. The molecule has 0 bridgehead atoms. The van der Waals surface area contributed by atoms with E-state index in [0.717, 1.165) is 36.9 Å². The normalized spacial score (nSPS) is 22.3. The van der Waals surface area contributed by atoms with Crippen molar-refractivity contribution in [2.24, 2.45) is 0 Å². The monoisotopic (exact) mass is 414 g/mol. The van der Waals surface area contributed by atoms with Crippen molar-refractivity contribution in [2.75, 3.05) is 13.1 Å². The number of allylic oxidation sites excluding steroid dienone is 2. The average molecular weight is 415 g/mol. The molecule has 0 aliphatic carbocycles. The minimum Gasteiger partial charge on any atom is -0.338 e. The van der Waals surface area contributed by atoms with Crippen LogP contribution >= 0.6 is 24.0 Å². The summed E-state index contributed by atoms with van der Waals surface area (Å²) in [4.78, 5) is 29.6. The average Bonchev–Trinajstić information content (AvgIpc) is 2.95. The van der Waals surface area contributed by atoms with E-state index in [4.69, 9.17) is 12.2 Å². The van der Waals surface area contributed by atoms with Crippen LogP contribution in [0, 0.1) is 0 Å². The number of piperidine rings is 1. The van der Waals surface area contributed by atoms with Gasteiger partial charge in [0.15, 0.2) is 0 Å². The molecule has 28 heavy (non-hydrogen) atoms. The lowest BCUT2D eigenvalue weighted by Gasteiger charge is -2.36. The van der Waals surface area contributed by atoms with Crippen LogP contribution in [-0.2, 0) is 9.59 Å². The molecule has 0 radical (unpaired) electrons. The van der Waals surface area contributed by atoms with Crippen LogP contribution in [0.15, 0.2) is 46.9 Å². The molecule has 4 nitrogen and oxygen atoms in total. The van der Waals surface area contributed by atoms with Crippen molar-refractivity contribution in [3.05, 3.63) is 52.4 Å². The van der Waals surface area contributed by atoms with E-state index in [1.165, 1.54) is 23.1 Å². The van der Waals surface area contributed by atoms with Gasteiger partial charge in [-0.25, -0.2) is 0 Å². The largest absolute Gasteiger partial charge is 0.338 e. The van der Waals surface area contributed by atoms with Crippen LogP contribution in [0.2, 0.25) is 0 Å². The maximum absolute atomic E-state index is 12.8. The highest BCUT2D eigenvalue weighted by molar-refractivity contribution is 8.26. The number of rotatable bonds is 5. The van der Waals surface area contributed by atoms with Gasteiger partial charge < -0.3 is 4.90 Å². The first-order valence-corrected chi connectivity index (χ1v) is 11.0. The first-order valence-electron chi connectivity index (χ1n) is 9.77. The molecule has 6 heteroatoms. The van der Waals surface area contributed by atoms with E-state index >= 15 is 0 Å². The predicted molar refractivity (Wildman–Crippen MR) is 120 cm³/mol. The summed E-state index contributed by atoms with van der Waals surface area (Å²) in [6, 6.07) is 10.3. The third kappa shape index (κ3) is 4.92. The summed E-state index contributed by atoms with van der Waals surface area (Å²) in [5.74, 6) is -0.171. The molecule has 2 heterocycles. The fourth-order valence-electron chi connectivity index (χ4n) is 3.68. The van der Waals surface area contributed by atoms with Crippen LogP contribution in [0.1, 0.15) is 45.1 Å². The van der Waals surface area contributed by atoms with Crippen LogP contribution in [0.5, 0.6) is 0 Å². The van der Waals surface area contributed by atoms with Gasteiger partial charge in [0.05, 0.1) is 4.91 Å². The molecule has 1 atom stereocenters. The molecule has 0 aromatic heterocycles. The summed E-state index contributed by atoms with van der Waals surface area (Å²) in [6.07, 6.45) is 8.07. The number of carbonyl (C=O) groups is 2. The van der Waals surface area contributed by atoms with E-state index in [1.54, 1.807) is 0 Å². The fraction of sp³-hybridized carbons (Fsp3) is 0.409. The lowest BCUT2D eigenvalue weighted by Crippen LogP contribution is -2.48. The third-order valence-electron chi connectivity index (χ3n) is 5.14. The van der Waals surface area contributed by atoms with Crippen LogP contribution in [0.4, 0.5) is 0 Å². The van der Waals surface area contributed by atoms with Crippen LogP contribution in [-0.4, -0.2) is 45.1 Å². The summed E-state index contributed by atoms with van der Waals surface area (Å²) >= 11 is 6.67. The van der Waals surface area contributed by atoms with Crippen molar-refractivity contribution in [2.45, 2.75) is 45.6 Å². The van der Waals surface area contributed by atoms with E-state index in [-0.39, 0.29) is 24.4 Å². The van der Waals surface area contributed by atoms with Gasteiger partial charge in [0.1, 0.15) is 10.9 Å². The molecule has 2 fully saturated rings. The van der Waals surface area contributed by atoms with Gasteiger partial charge in [-0.1, -0.05) is 67.3 Å². The molecule has 0 spiro atoms. The van der Waals surface area contributed by atoms with Crippen molar-refractivity contribution >= 4 is 46.2 Å². The number of amides is 2. The van der Waals surface area contributed by atoms with Crippen molar-refractivity contribution in [1.29, 1.82) is 0 Å². The number of thioether (sulfide) groups is 1. The molecule has 2 aliphatic heterocycles. The highest BCUT2D eigenvalue weighted by Gasteiger charge is 2.35. The van der Waals surface area contributed by atoms with Gasteiger partial charge in [0, 0.05) is 12.6 Å². The number of benzene rings is 1. The molecule has 1 aromatic carbocycles. The Bertz CT molecular complexity index is 817. The Hall–Kier alpha value is -1.92. The van der Waals surface area contributed by atoms with Crippen LogP contribution in [0.25, 0.3) is 6.08 Å². The van der Waals surface area contributed by atoms with E-state index in [2.05, 4.69) is 6.92 Å². The van der Waals surface area contributed by atoms with E-state index in [1.807, 2.05) is 54.3 Å². The minimum atomic E-state index is -0.172. The molecular weight excluding hydrogens is 388 g/mol. The fourth-order valence-corrected chi connectivity index (χ4v) is 4.98. The highest BCUT2D eigenvalue weighted by Crippen LogP contribution is 2.32. The molecular formula is C22H26N2O2S2. The van der Waals surface area contributed by atoms with Gasteiger partial charge in [0.25, 0.3) is 5.91 Å². The van der Waals surface area contributed by atoms with Crippen molar-refractivity contribution in [3.63, 3.8) is 0 Å². The standard InChI is InChI=1S/C22H26N2O2S2/c1-3-18-11-7-8-12-23(18)20(25)15-24-21(26)19(28-22(24)27)14-16(2)13-17-9-5-4-6-10-17/h4-6,9-10,13-14,18H,3,7-8,11-12,15H2,1-2H3/b16-13+,19-14-/t18-/m0/s1. The first-order chi connectivity index (χ1) is 13.5. The topological polar surface area (TPSA) is 40.6 Å². The number of carbonyl (C=O) groups excluding carboxylic acids is 2. The molecule has 2 saturated heterocycles. The third-order valence-corrected chi connectivity index (χ3v) is 6.52. The maximum atomic E-state index is 12.8. The van der Waals surface area contributed by atoms with E-state index in [9.17, 15) is 9.59 Å². The molecule has 1 aromatic rings. The van der Waals surface area contributed by atoms with Gasteiger partial charge >= 0.3 is 0 Å². The van der Waals surface area contributed by atoms with Crippen molar-refractivity contribution in [3.8, 4) is 0 Å². The smallest absolute Gasteiger partial charge is 0.266 e. The number of nitrogens with zero attached hydrogens (tertiary/aromatic N) is 2. The summed E-state index contributed by atoms with van der Waals surface area (Å²) in [5.41, 5.74) is 2.05. The van der Waals surface area contributed by atoms with Gasteiger partial charge in [-0.15, -0.1) is 0 Å². The number of likely N-dealkylation sites (tertiary alicyclic amines) is 1. The first kappa shape index (κ1) is 20.8. The van der Waals surface area contributed by atoms with Crippen LogP contribution < -0.4 is 0 Å². The molecule has 2 aliphatic rings. The quantitative estimate of drug-likeness (QED) is 0.520. The van der Waals surface area contributed by atoms with Crippen molar-refractivity contribution in [1.82, 2.24) is 9.80 Å². The van der Waals surface area contributed by atoms with Gasteiger partial charge in [-0.2, -0.15) is 0 Å². The zero-order valence-corrected chi connectivity index (χ0v) is 18.0. The summed E-state index contributed by atoms with van der Waals surface area (Å²) < 4.78 is 0.460. The Balaban J connectivity index is 1.69.